The Bertz CT molecular complexity index is 594. The third-order valence-electron chi connectivity index (χ3n) is 3.33. The maximum absolute atomic E-state index is 6.15. The van der Waals surface area contributed by atoms with Crippen LogP contribution >= 0.6 is 11.6 Å². The molecular weight excluding hydrogens is 282 g/mol. The van der Waals surface area contributed by atoms with Gasteiger partial charge in [0.25, 0.3) is 0 Å². The molecule has 2 aromatic rings. The monoisotopic (exact) mass is 303 g/mol. The number of aryl methyl sites for hydroxylation is 4. The van der Waals surface area contributed by atoms with Gasteiger partial charge in [-0.2, -0.15) is 0 Å². The van der Waals surface area contributed by atoms with Gasteiger partial charge in [0, 0.05) is 17.3 Å². The maximum atomic E-state index is 6.15. The Morgan fingerprint density at radius 2 is 1.48 bits per heavy atom. The van der Waals surface area contributed by atoms with E-state index in [9.17, 15) is 0 Å². The Labute approximate surface area is 132 Å². The third-order valence-corrected chi connectivity index (χ3v) is 3.93. The van der Waals surface area contributed by atoms with Crippen LogP contribution in [0.5, 0.6) is 5.75 Å². The number of hydrogen-bond acceptors (Lipinski definition) is 2. The number of ether oxygens (including phenoxy) is 1. The van der Waals surface area contributed by atoms with Crippen molar-refractivity contribution in [1.29, 1.82) is 0 Å². The van der Waals surface area contributed by atoms with E-state index >= 15 is 0 Å². The average molecular weight is 304 g/mol. The van der Waals surface area contributed by atoms with Crippen molar-refractivity contribution in [3.05, 3.63) is 57.6 Å². The summed E-state index contributed by atoms with van der Waals surface area (Å²) in [5.74, 6) is 0.872. The molecule has 0 aromatic heterocycles. The number of halogens is 1. The zero-order valence-electron chi connectivity index (χ0n) is 13.1. The number of hydrogen-bond donors (Lipinski definition) is 1. The molecule has 2 rings (SSSR count). The van der Waals surface area contributed by atoms with E-state index in [0.29, 0.717) is 6.61 Å². The first kappa shape index (κ1) is 15.7. The van der Waals surface area contributed by atoms with E-state index in [2.05, 4.69) is 37.4 Å². The number of rotatable bonds is 5. The van der Waals surface area contributed by atoms with Gasteiger partial charge in [-0.25, -0.2) is 0 Å². The van der Waals surface area contributed by atoms with Crippen molar-refractivity contribution in [2.75, 3.05) is 18.5 Å². The van der Waals surface area contributed by atoms with Gasteiger partial charge in [0.1, 0.15) is 12.4 Å². The molecule has 0 atom stereocenters. The van der Waals surface area contributed by atoms with Crippen LogP contribution < -0.4 is 10.1 Å². The van der Waals surface area contributed by atoms with Crippen LogP contribution in [0.1, 0.15) is 22.3 Å². The lowest BCUT2D eigenvalue weighted by Crippen LogP contribution is -2.11. The minimum absolute atomic E-state index is 0.619. The molecule has 0 aliphatic heterocycles. The van der Waals surface area contributed by atoms with E-state index < -0.39 is 0 Å². The number of nitrogens with one attached hydrogen (secondary N) is 1. The lowest BCUT2D eigenvalue weighted by molar-refractivity contribution is 0.332. The standard InChI is InChI=1S/C18H22ClNO/c1-12-7-13(2)9-16(8-12)20-5-6-21-17-10-14(3)18(19)15(4)11-17/h7-11,20H,5-6H2,1-4H3. The molecular formula is C18H22ClNO. The zero-order chi connectivity index (χ0) is 15.4. The second-order valence-electron chi connectivity index (χ2n) is 5.52. The number of benzene rings is 2. The Kier molecular flexibility index (Phi) is 5.13. The normalized spacial score (nSPS) is 10.5. The van der Waals surface area contributed by atoms with E-state index in [1.54, 1.807) is 0 Å². The third kappa shape index (κ3) is 4.40. The second-order valence-corrected chi connectivity index (χ2v) is 5.90. The molecule has 3 heteroatoms. The van der Waals surface area contributed by atoms with Gasteiger partial charge in [0.05, 0.1) is 0 Å². The lowest BCUT2D eigenvalue weighted by atomic mass is 10.1. The van der Waals surface area contributed by atoms with Crippen LogP contribution in [-0.4, -0.2) is 13.2 Å². The molecule has 1 N–H and O–H groups in total. The van der Waals surface area contributed by atoms with Crippen LogP contribution in [0.15, 0.2) is 30.3 Å². The van der Waals surface area contributed by atoms with E-state index in [0.717, 1.165) is 34.1 Å². The average Bonchev–Trinajstić information content (AvgIpc) is 2.40. The predicted molar refractivity (Wildman–Crippen MR) is 90.8 cm³/mol. The highest BCUT2D eigenvalue weighted by atomic mass is 35.5. The molecule has 0 saturated heterocycles. The maximum Gasteiger partial charge on any atom is 0.120 e. The largest absolute Gasteiger partial charge is 0.492 e. The SMILES string of the molecule is Cc1cc(C)cc(NCCOc2cc(C)c(Cl)c(C)c2)c1. The van der Waals surface area contributed by atoms with Gasteiger partial charge in [-0.3, -0.25) is 0 Å². The minimum atomic E-state index is 0.619. The van der Waals surface area contributed by atoms with Crippen LogP contribution in [0, 0.1) is 27.7 Å². The fraction of sp³-hybridized carbons (Fsp3) is 0.333. The van der Waals surface area contributed by atoms with Gasteiger partial charge in [-0.15, -0.1) is 0 Å². The summed E-state index contributed by atoms with van der Waals surface area (Å²) < 4.78 is 5.78. The van der Waals surface area contributed by atoms with E-state index in [1.165, 1.54) is 11.1 Å². The molecule has 0 aliphatic carbocycles. The van der Waals surface area contributed by atoms with E-state index in [-0.39, 0.29) is 0 Å². The fourth-order valence-electron chi connectivity index (χ4n) is 2.43. The summed E-state index contributed by atoms with van der Waals surface area (Å²) in [7, 11) is 0. The van der Waals surface area contributed by atoms with Crippen molar-refractivity contribution in [3.8, 4) is 5.75 Å². The second kappa shape index (κ2) is 6.86. The quantitative estimate of drug-likeness (QED) is 0.779. The molecule has 0 unspecified atom stereocenters. The Morgan fingerprint density at radius 3 is 2.05 bits per heavy atom. The molecule has 21 heavy (non-hydrogen) atoms. The van der Waals surface area contributed by atoms with E-state index in [4.69, 9.17) is 16.3 Å². The first-order chi connectivity index (χ1) is 9.95. The summed E-state index contributed by atoms with van der Waals surface area (Å²) in [4.78, 5) is 0. The van der Waals surface area contributed by atoms with Gasteiger partial charge >= 0.3 is 0 Å². The highest BCUT2D eigenvalue weighted by Gasteiger charge is 2.03. The van der Waals surface area contributed by atoms with Gasteiger partial charge in [-0.1, -0.05) is 17.7 Å². The smallest absolute Gasteiger partial charge is 0.120 e. The van der Waals surface area contributed by atoms with Gasteiger partial charge in [0.2, 0.25) is 0 Å². The molecule has 2 aromatic carbocycles. The van der Waals surface area contributed by atoms with E-state index in [1.807, 2.05) is 26.0 Å². The highest BCUT2D eigenvalue weighted by molar-refractivity contribution is 6.32. The first-order valence-corrected chi connectivity index (χ1v) is 7.55. The van der Waals surface area contributed by atoms with Crippen molar-refractivity contribution < 1.29 is 4.74 Å². The lowest BCUT2D eigenvalue weighted by Gasteiger charge is -2.12. The van der Waals surface area contributed by atoms with Crippen LogP contribution in [0.3, 0.4) is 0 Å². The summed E-state index contributed by atoms with van der Waals surface area (Å²) in [6.07, 6.45) is 0. The zero-order valence-corrected chi connectivity index (χ0v) is 13.8. The molecule has 0 spiro atoms. The van der Waals surface area contributed by atoms with Gasteiger partial charge in [0.15, 0.2) is 0 Å². The Morgan fingerprint density at radius 1 is 0.905 bits per heavy atom. The van der Waals surface area contributed by atoms with Gasteiger partial charge < -0.3 is 10.1 Å². The van der Waals surface area contributed by atoms with Crippen molar-refractivity contribution >= 4 is 17.3 Å². The topological polar surface area (TPSA) is 21.3 Å². The summed E-state index contributed by atoms with van der Waals surface area (Å²) >= 11 is 6.15. The summed E-state index contributed by atoms with van der Waals surface area (Å²) in [5.41, 5.74) is 5.77. The molecule has 0 amide bonds. The molecule has 2 nitrogen and oxygen atoms in total. The minimum Gasteiger partial charge on any atom is -0.492 e. The summed E-state index contributed by atoms with van der Waals surface area (Å²) in [6.45, 7) is 9.59. The van der Waals surface area contributed by atoms with Crippen molar-refractivity contribution in [2.24, 2.45) is 0 Å². The molecule has 0 radical (unpaired) electrons. The molecule has 0 aliphatic rings. The first-order valence-electron chi connectivity index (χ1n) is 7.17. The molecule has 0 fully saturated rings. The van der Waals surface area contributed by atoms with Gasteiger partial charge in [-0.05, 0) is 74.2 Å². The van der Waals surface area contributed by atoms with Crippen molar-refractivity contribution in [2.45, 2.75) is 27.7 Å². The van der Waals surface area contributed by atoms with Crippen LogP contribution in [-0.2, 0) is 0 Å². The Balaban J connectivity index is 1.87. The molecule has 0 saturated carbocycles. The number of anilines is 1. The predicted octanol–water partition coefficient (Wildman–Crippen LogP) is 5.06. The van der Waals surface area contributed by atoms with Crippen LogP contribution in [0.2, 0.25) is 5.02 Å². The fourth-order valence-corrected chi connectivity index (χ4v) is 2.54. The van der Waals surface area contributed by atoms with Crippen LogP contribution in [0.4, 0.5) is 5.69 Å². The van der Waals surface area contributed by atoms with Crippen molar-refractivity contribution in [1.82, 2.24) is 0 Å². The highest BCUT2D eigenvalue weighted by Crippen LogP contribution is 2.25. The van der Waals surface area contributed by atoms with Crippen LogP contribution in [0.25, 0.3) is 0 Å². The van der Waals surface area contributed by atoms with Crippen molar-refractivity contribution in [3.63, 3.8) is 0 Å². The Hall–Kier alpha value is -1.67. The molecule has 0 heterocycles. The summed E-state index contributed by atoms with van der Waals surface area (Å²) in [5, 5.41) is 4.20. The molecule has 112 valence electrons. The molecule has 0 bridgehead atoms. The summed E-state index contributed by atoms with van der Waals surface area (Å²) in [6, 6.07) is 10.4.